The van der Waals surface area contributed by atoms with Crippen molar-refractivity contribution in [3.63, 3.8) is 0 Å². The fourth-order valence-electron chi connectivity index (χ4n) is 6.21. The summed E-state index contributed by atoms with van der Waals surface area (Å²) in [5.41, 5.74) is 13.0. The van der Waals surface area contributed by atoms with Crippen molar-refractivity contribution in [1.29, 1.82) is 0 Å². The lowest BCUT2D eigenvalue weighted by Gasteiger charge is -2.31. The zero-order chi connectivity index (χ0) is 24.7. The smallest absolute Gasteiger partial charge is 0.255 e. The predicted molar refractivity (Wildman–Crippen MR) is 138 cm³/mol. The number of rotatable bonds is 6. The van der Waals surface area contributed by atoms with Crippen molar-refractivity contribution in [3.05, 3.63) is 65.5 Å². The Kier molecular flexibility index (Phi) is 6.18. The number of hydrogen-bond acceptors (Lipinski definition) is 6. The highest BCUT2D eigenvalue weighted by Gasteiger charge is 2.47. The van der Waals surface area contributed by atoms with Crippen LogP contribution in [-0.4, -0.2) is 65.9 Å². The standard InChI is InChI=1S/C29H34N4O3/c30-27-26(28(35)32-24-7-9-25(34)10-8-24)12-21(13-31-27)20-3-5-22(6-4-20)29-11-1-2-23(29)15-33(18-29)14-19-16-36-17-19/h2-6,11-13,19,23-25,34H,7-10,14-18H2,(H2,30,31)(H,32,35)/t23-,24?,25?,29+/m1/s1. The lowest BCUT2D eigenvalue weighted by Crippen LogP contribution is -2.39. The van der Waals surface area contributed by atoms with Crippen LogP contribution in [0, 0.1) is 11.8 Å². The van der Waals surface area contributed by atoms with Gasteiger partial charge in [-0.05, 0) is 55.0 Å². The molecule has 0 radical (unpaired) electrons. The molecule has 7 heteroatoms. The Morgan fingerprint density at radius 1 is 1.19 bits per heavy atom. The van der Waals surface area contributed by atoms with Gasteiger partial charge in [-0.3, -0.25) is 4.79 Å². The van der Waals surface area contributed by atoms with Gasteiger partial charge in [0.2, 0.25) is 0 Å². The molecular formula is C29H34N4O3. The summed E-state index contributed by atoms with van der Waals surface area (Å²) in [7, 11) is 0. The average Bonchev–Trinajstić information content (AvgIpc) is 3.41. The van der Waals surface area contributed by atoms with E-state index in [1.807, 2.05) is 6.07 Å². The molecule has 2 aliphatic carbocycles. The van der Waals surface area contributed by atoms with Gasteiger partial charge in [-0.15, -0.1) is 5.73 Å². The molecule has 1 amide bonds. The van der Waals surface area contributed by atoms with E-state index in [9.17, 15) is 9.90 Å². The summed E-state index contributed by atoms with van der Waals surface area (Å²) in [4.78, 5) is 19.9. The lowest BCUT2D eigenvalue weighted by molar-refractivity contribution is -0.0444. The van der Waals surface area contributed by atoms with Crippen LogP contribution in [0.15, 0.2) is 54.4 Å². The van der Waals surface area contributed by atoms with Gasteiger partial charge in [0, 0.05) is 54.7 Å². The number of nitrogens with one attached hydrogen (secondary N) is 1. The number of aliphatic hydroxyl groups is 1. The van der Waals surface area contributed by atoms with Crippen molar-refractivity contribution in [2.24, 2.45) is 11.8 Å². The number of hydrogen-bond donors (Lipinski definition) is 3. The normalized spacial score (nSPS) is 29.8. The van der Waals surface area contributed by atoms with E-state index >= 15 is 0 Å². The summed E-state index contributed by atoms with van der Waals surface area (Å²) in [6.45, 7) is 4.92. The van der Waals surface area contributed by atoms with Gasteiger partial charge in [-0.25, -0.2) is 4.98 Å². The Morgan fingerprint density at radius 3 is 2.69 bits per heavy atom. The minimum Gasteiger partial charge on any atom is -0.393 e. The number of benzene rings is 1. The maximum Gasteiger partial charge on any atom is 0.255 e. The van der Waals surface area contributed by atoms with Crippen LogP contribution in [0.1, 0.15) is 41.6 Å². The molecule has 188 valence electrons. The zero-order valence-electron chi connectivity index (χ0n) is 20.5. The second kappa shape index (κ2) is 9.49. The number of likely N-dealkylation sites (tertiary alicyclic amines) is 1. The maximum absolute atomic E-state index is 13.0. The number of aromatic nitrogens is 1. The van der Waals surface area contributed by atoms with E-state index in [-0.39, 0.29) is 29.3 Å². The number of nitrogens with zero attached hydrogens (tertiary/aromatic N) is 2. The number of nitrogens with two attached hydrogens (primary N) is 1. The number of ether oxygens (including phenoxy) is 1. The van der Waals surface area contributed by atoms with Crippen LogP contribution >= 0.6 is 0 Å². The number of fused-ring (bicyclic) bond motifs is 1. The predicted octanol–water partition coefficient (Wildman–Crippen LogP) is 2.91. The van der Waals surface area contributed by atoms with Gasteiger partial charge in [-0.2, -0.15) is 0 Å². The molecule has 6 rings (SSSR count). The average molecular weight is 487 g/mol. The first-order valence-electron chi connectivity index (χ1n) is 13.1. The molecule has 7 nitrogen and oxygen atoms in total. The summed E-state index contributed by atoms with van der Waals surface area (Å²) in [6, 6.07) is 10.5. The van der Waals surface area contributed by atoms with Crippen molar-refractivity contribution < 1.29 is 14.6 Å². The molecule has 4 aliphatic rings. The summed E-state index contributed by atoms with van der Waals surface area (Å²) in [6.07, 6.45) is 8.93. The molecule has 36 heavy (non-hydrogen) atoms. The number of carbonyl (C=O) groups is 1. The Balaban J connectivity index is 1.18. The topological polar surface area (TPSA) is 101 Å². The van der Waals surface area contributed by atoms with E-state index in [2.05, 4.69) is 57.3 Å². The second-order valence-electron chi connectivity index (χ2n) is 10.9. The van der Waals surface area contributed by atoms with Crippen molar-refractivity contribution in [3.8, 4) is 11.1 Å². The van der Waals surface area contributed by atoms with E-state index < -0.39 is 0 Å². The number of nitrogen functional groups attached to an aromatic ring is 1. The third-order valence-electron chi connectivity index (χ3n) is 8.41. The third-order valence-corrected chi connectivity index (χ3v) is 8.41. The first-order chi connectivity index (χ1) is 17.5. The molecule has 4 N–H and O–H groups in total. The van der Waals surface area contributed by atoms with Gasteiger partial charge >= 0.3 is 0 Å². The van der Waals surface area contributed by atoms with Crippen LogP contribution in [0.5, 0.6) is 0 Å². The molecule has 1 saturated carbocycles. The van der Waals surface area contributed by atoms with Crippen LogP contribution in [-0.2, 0) is 10.2 Å². The van der Waals surface area contributed by atoms with Crippen LogP contribution in [0.2, 0.25) is 0 Å². The number of amides is 1. The Labute approximate surface area is 212 Å². The first kappa shape index (κ1) is 23.4. The number of pyridine rings is 1. The van der Waals surface area contributed by atoms with E-state index in [1.165, 1.54) is 5.56 Å². The van der Waals surface area contributed by atoms with Crippen LogP contribution < -0.4 is 11.1 Å². The molecule has 3 heterocycles. The Hall–Kier alpha value is -2.96. The molecule has 2 aliphatic heterocycles. The highest BCUT2D eigenvalue weighted by Crippen LogP contribution is 2.44. The lowest BCUT2D eigenvalue weighted by atomic mass is 9.74. The molecule has 1 aromatic heterocycles. The highest BCUT2D eigenvalue weighted by molar-refractivity contribution is 5.99. The number of aliphatic hydroxyl groups excluding tert-OH is 1. The summed E-state index contributed by atoms with van der Waals surface area (Å²) in [5, 5.41) is 12.8. The van der Waals surface area contributed by atoms with Crippen molar-refractivity contribution in [1.82, 2.24) is 15.2 Å². The maximum atomic E-state index is 13.0. The monoisotopic (exact) mass is 486 g/mol. The summed E-state index contributed by atoms with van der Waals surface area (Å²) >= 11 is 0. The molecule has 2 atom stereocenters. The highest BCUT2D eigenvalue weighted by atomic mass is 16.5. The van der Waals surface area contributed by atoms with Crippen molar-refractivity contribution in [2.45, 2.75) is 43.2 Å². The van der Waals surface area contributed by atoms with Gasteiger partial charge in [0.25, 0.3) is 5.91 Å². The first-order valence-corrected chi connectivity index (χ1v) is 13.1. The molecule has 2 saturated heterocycles. The van der Waals surface area contributed by atoms with Gasteiger partial charge in [0.1, 0.15) is 5.82 Å². The number of anilines is 1. The fourth-order valence-corrected chi connectivity index (χ4v) is 6.21. The van der Waals surface area contributed by atoms with E-state index in [0.717, 1.165) is 56.8 Å². The number of carbonyl (C=O) groups excluding carboxylic acids is 1. The molecule has 1 aromatic carbocycles. The van der Waals surface area contributed by atoms with E-state index in [0.29, 0.717) is 30.2 Å². The largest absolute Gasteiger partial charge is 0.393 e. The summed E-state index contributed by atoms with van der Waals surface area (Å²) < 4.78 is 5.37. The Morgan fingerprint density at radius 2 is 1.97 bits per heavy atom. The minimum absolute atomic E-state index is 0.0267. The van der Waals surface area contributed by atoms with Gasteiger partial charge < -0.3 is 25.8 Å². The van der Waals surface area contributed by atoms with Gasteiger partial charge in [-0.1, -0.05) is 24.3 Å². The zero-order valence-corrected chi connectivity index (χ0v) is 20.5. The van der Waals surface area contributed by atoms with Crippen LogP contribution in [0.3, 0.4) is 0 Å². The molecule has 0 bridgehead atoms. The molecule has 0 spiro atoms. The summed E-state index contributed by atoms with van der Waals surface area (Å²) in [5.74, 6) is 1.13. The Bertz CT molecular complexity index is 1190. The van der Waals surface area contributed by atoms with Crippen LogP contribution in [0.25, 0.3) is 11.1 Å². The van der Waals surface area contributed by atoms with Crippen molar-refractivity contribution >= 4 is 11.7 Å². The SMILES string of the molecule is Nc1ncc(-c2ccc([C@@]34C=C=C[C@@H]3CN(CC3COC3)C4)cc2)cc1C(=O)NC1CCC(O)CC1. The molecular weight excluding hydrogens is 452 g/mol. The second-order valence-corrected chi connectivity index (χ2v) is 10.9. The molecule has 2 aromatic rings. The minimum atomic E-state index is -0.258. The molecule has 0 unspecified atom stereocenters. The fraction of sp³-hybridized carbons (Fsp3) is 0.483. The van der Waals surface area contributed by atoms with Crippen molar-refractivity contribution in [2.75, 3.05) is 38.6 Å². The van der Waals surface area contributed by atoms with E-state index in [4.69, 9.17) is 10.5 Å². The third kappa shape index (κ3) is 4.37. The van der Waals surface area contributed by atoms with Crippen LogP contribution in [0.4, 0.5) is 5.82 Å². The molecule has 3 fully saturated rings. The quantitative estimate of drug-likeness (QED) is 0.543. The van der Waals surface area contributed by atoms with E-state index in [1.54, 1.807) is 6.20 Å². The van der Waals surface area contributed by atoms with Gasteiger partial charge in [0.15, 0.2) is 0 Å². The van der Waals surface area contributed by atoms with Gasteiger partial charge in [0.05, 0.1) is 24.9 Å².